The van der Waals surface area contributed by atoms with E-state index in [2.05, 4.69) is 4.98 Å². The van der Waals surface area contributed by atoms with E-state index in [0.29, 0.717) is 23.6 Å². The smallest absolute Gasteiger partial charge is 0.328 e. The van der Waals surface area contributed by atoms with Gasteiger partial charge in [0.25, 0.3) is 0 Å². The van der Waals surface area contributed by atoms with E-state index in [1.165, 1.54) is 0 Å². The number of halogens is 1. The van der Waals surface area contributed by atoms with Crippen LogP contribution >= 0.6 is 11.6 Å². The van der Waals surface area contributed by atoms with Crippen molar-refractivity contribution in [2.75, 3.05) is 0 Å². The average molecular weight is 396 g/mol. The number of carboxylic acid groups (broad SMARTS) is 2. The van der Waals surface area contributed by atoms with Crippen LogP contribution in [0.2, 0.25) is 5.02 Å². The molecule has 0 saturated carbocycles. The molecule has 6 heteroatoms. The summed E-state index contributed by atoms with van der Waals surface area (Å²) in [5, 5.41) is 16.2. The van der Waals surface area contributed by atoms with E-state index in [0.717, 1.165) is 11.3 Å². The van der Waals surface area contributed by atoms with Crippen molar-refractivity contribution in [2.45, 2.75) is 32.5 Å². The van der Waals surface area contributed by atoms with Crippen LogP contribution in [0.15, 0.2) is 60.8 Å². The van der Waals surface area contributed by atoms with Gasteiger partial charge in [-0.2, -0.15) is 0 Å². The van der Waals surface area contributed by atoms with E-state index >= 15 is 0 Å². The molecule has 0 unspecified atom stereocenters. The highest BCUT2D eigenvalue weighted by Gasteiger charge is 2.15. The van der Waals surface area contributed by atoms with Crippen LogP contribution in [0.3, 0.4) is 0 Å². The highest BCUT2D eigenvalue weighted by molar-refractivity contribution is 6.30. The molecule has 0 spiro atoms. The zero-order valence-electron chi connectivity index (χ0n) is 20.4. The second-order valence-electron chi connectivity index (χ2n) is 5.50. The van der Waals surface area contributed by atoms with Gasteiger partial charge in [0.15, 0.2) is 0 Å². The normalized spacial score (nSPS) is 15.9. The first-order chi connectivity index (χ1) is 15.2. The zero-order valence-corrected chi connectivity index (χ0v) is 15.1. The summed E-state index contributed by atoms with van der Waals surface area (Å²) in [6.45, 7) is -5.06. The van der Waals surface area contributed by atoms with Gasteiger partial charge >= 0.3 is 11.9 Å². The molecule has 2 N–H and O–H groups in total. The summed E-state index contributed by atoms with van der Waals surface area (Å²) in [5.74, 6) is -4.07. The number of benzene rings is 1. The molecule has 0 aliphatic carbocycles. The number of aliphatic carboxylic acids is 2. The van der Waals surface area contributed by atoms with Crippen molar-refractivity contribution < 1.29 is 28.0 Å². The lowest BCUT2D eigenvalue weighted by Crippen LogP contribution is -2.05. The standard InChI is InChI=1S/C17H20ClN.C4H4O4/c1-13(2)6-11-16(17-5-3-4-12-19-17)14-7-9-15(18)10-8-14;5-3(6)1-2-4(7)8/h3-5,7-10,12-13,16H,6,11H2,1-2H3;1-2H,(H,5,6)(H,7,8)/b;2-1-/t16-;/m0./s1/i1D3,2D3;. The molecule has 0 aliphatic rings. The van der Waals surface area contributed by atoms with Crippen LogP contribution in [0.1, 0.15) is 51.9 Å². The van der Waals surface area contributed by atoms with Gasteiger partial charge in [-0.25, -0.2) is 9.59 Å². The Morgan fingerprint density at radius 2 is 1.70 bits per heavy atom. The lowest BCUT2D eigenvalue weighted by atomic mass is 9.88. The summed E-state index contributed by atoms with van der Waals surface area (Å²) in [6, 6.07) is 12.8. The Bertz CT molecular complexity index is 901. The number of pyridine rings is 1. The Labute approximate surface area is 172 Å². The molecule has 0 aliphatic heterocycles. The van der Waals surface area contributed by atoms with E-state index in [9.17, 15) is 9.59 Å². The molecular weight excluding hydrogens is 366 g/mol. The summed E-state index contributed by atoms with van der Waals surface area (Å²) in [6.07, 6.45) is 3.21. The lowest BCUT2D eigenvalue weighted by Gasteiger charge is -2.18. The Balaban J connectivity index is 0.000000582. The van der Waals surface area contributed by atoms with E-state index in [-0.39, 0.29) is 12.3 Å². The third kappa shape index (κ3) is 9.56. The van der Waals surface area contributed by atoms with Gasteiger partial charge in [0.1, 0.15) is 0 Å². The number of carbonyl (C=O) groups is 2. The molecule has 0 saturated heterocycles. The summed E-state index contributed by atoms with van der Waals surface area (Å²) in [7, 11) is 0. The highest BCUT2D eigenvalue weighted by Crippen LogP contribution is 2.30. The predicted molar refractivity (Wildman–Crippen MR) is 106 cm³/mol. The number of aromatic nitrogens is 1. The number of carboxylic acids is 2. The lowest BCUT2D eigenvalue weighted by molar-refractivity contribution is -0.134. The van der Waals surface area contributed by atoms with Gasteiger partial charge in [-0.1, -0.05) is 49.9 Å². The molecule has 1 aromatic carbocycles. The Hall–Kier alpha value is -2.66. The highest BCUT2D eigenvalue weighted by atomic mass is 35.5. The van der Waals surface area contributed by atoms with Gasteiger partial charge in [-0.3, -0.25) is 4.98 Å². The van der Waals surface area contributed by atoms with Crippen molar-refractivity contribution in [3.05, 3.63) is 77.1 Å². The first kappa shape index (κ1) is 14.4. The Morgan fingerprint density at radius 1 is 1.07 bits per heavy atom. The molecule has 0 fully saturated rings. The number of rotatable bonds is 7. The van der Waals surface area contributed by atoms with Crippen LogP contribution < -0.4 is 0 Å². The van der Waals surface area contributed by atoms with E-state index in [4.69, 9.17) is 30.0 Å². The molecule has 1 aromatic heterocycles. The molecule has 1 heterocycles. The third-order valence-corrected chi connectivity index (χ3v) is 3.68. The van der Waals surface area contributed by atoms with Crippen molar-refractivity contribution in [3.63, 3.8) is 0 Å². The largest absolute Gasteiger partial charge is 0.478 e. The fraction of sp³-hybridized carbons (Fsp3) is 0.286. The molecule has 1 atom stereocenters. The molecule has 144 valence electrons. The topological polar surface area (TPSA) is 87.5 Å². The van der Waals surface area contributed by atoms with Crippen molar-refractivity contribution in [1.82, 2.24) is 4.98 Å². The quantitative estimate of drug-likeness (QED) is 0.643. The Morgan fingerprint density at radius 3 is 2.19 bits per heavy atom. The van der Waals surface area contributed by atoms with Crippen LogP contribution in [0, 0.1) is 5.92 Å². The molecule has 0 bridgehead atoms. The summed E-state index contributed by atoms with van der Waals surface area (Å²) < 4.78 is 45.4. The first-order valence-corrected chi connectivity index (χ1v) is 8.40. The molecular formula is C21H24ClNO4. The van der Waals surface area contributed by atoms with Gasteiger partial charge in [0.05, 0.1) is 0 Å². The van der Waals surface area contributed by atoms with Crippen LogP contribution in [0.4, 0.5) is 0 Å². The molecule has 2 aromatic rings. The maximum absolute atomic E-state index is 9.55. The van der Waals surface area contributed by atoms with Crippen molar-refractivity contribution in [2.24, 2.45) is 5.92 Å². The molecule has 27 heavy (non-hydrogen) atoms. The summed E-state index contributed by atoms with van der Waals surface area (Å²) in [4.78, 5) is 23.5. The SMILES string of the molecule is O=C(O)/C=C\C(=O)O.[2H]C([2H])([2H])C(CC[C@@H](c1ccc(Cl)cc1)c1ccccn1)C([2H])([2H])[2H]. The number of nitrogens with zero attached hydrogens (tertiary/aromatic N) is 1. The van der Waals surface area contributed by atoms with Crippen molar-refractivity contribution in [1.29, 1.82) is 0 Å². The minimum atomic E-state index is -2.53. The molecule has 5 nitrogen and oxygen atoms in total. The number of hydrogen-bond acceptors (Lipinski definition) is 3. The Kier molecular flexibility index (Phi) is 6.33. The van der Waals surface area contributed by atoms with Crippen LogP contribution in [0.5, 0.6) is 0 Å². The second kappa shape index (κ2) is 11.9. The van der Waals surface area contributed by atoms with Gasteiger partial charge < -0.3 is 10.2 Å². The van der Waals surface area contributed by atoms with Gasteiger partial charge in [-0.15, -0.1) is 0 Å². The van der Waals surface area contributed by atoms with Crippen LogP contribution in [0.25, 0.3) is 0 Å². The molecule has 0 amide bonds. The average Bonchev–Trinajstić information content (AvgIpc) is 2.70. The minimum absolute atomic E-state index is 0.0524. The fourth-order valence-electron chi connectivity index (χ4n) is 2.24. The van der Waals surface area contributed by atoms with Crippen molar-refractivity contribution in [3.8, 4) is 0 Å². The van der Waals surface area contributed by atoms with E-state index in [1.54, 1.807) is 24.4 Å². The van der Waals surface area contributed by atoms with Crippen molar-refractivity contribution >= 4 is 23.5 Å². The predicted octanol–water partition coefficient (Wildman–Crippen LogP) is 5.01. The van der Waals surface area contributed by atoms with Gasteiger partial charge in [0.2, 0.25) is 0 Å². The van der Waals surface area contributed by atoms with E-state index in [1.807, 2.05) is 24.3 Å². The van der Waals surface area contributed by atoms with Crippen LogP contribution in [-0.4, -0.2) is 27.1 Å². The van der Waals surface area contributed by atoms with Gasteiger partial charge in [0, 0.05) is 43.2 Å². The fourth-order valence-corrected chi connectivity index (χ4v) is 2.36. The van der Waals surface area contributed by atoms with E-state index < -0.39 is 31.6 Å². The molecule has 0 radical (unpaired) electrons. The summed E-state index contributed by atoms with van der Waals surface area (Å²) in [5.41, 5.74) is 1.71. The van der Waals surface area contributed by atoms with Crippen LogP contribution in [-0.2, 0) is 9.59 Å². The maximum atomic E-state index is 9.55. The first-order valence-electron chi connectivity index (χ1n) is 11.0. The van der Waals surface area contributed by atoms with Gasteiger partial charge in [-0.05, 0) is 42.2 Å². The number of hydrogen-bond donors (Lipinski definition) is 2. The summed E-state index contributed by atoms with van der Waals surface area (Å²) >= 11 is 5.95. The zero-order chi connectivity index (χ0) is 25.2. The minimum Gasteiger partial charge on any atom is -0.478 e. The third-order valence-electron chi connectivity index (χ3n) is 3.43. The maximum Gasteiger partial charge on any atom is 0.328 e. The second-order valence-corrected chi connectivity index (χ2v) is 5.93. The molecule has 2 rings (SSSR count). The monoisotopic (exact) mass is 395 g/mol.